The van der Waals surface area contributed by atoms with Gasteiger partial charge in [0.25, 0.3) is 5.91 Å². The quantitative estimate of drug-likeness (QED) is 0.475. The molecular formula is C23H17NO3. The number of carbonyl (C=O) groups excluding carboxylic acids is 1. The van der Waals surface area contributed by atoms with Crippen LogP contribution >= 0.6 is 0 Å². The molecule has 132 valence electrons. The normalized spacial score (nSPS) is 10.7. The Morgan fingerprint density at radius 3 is 2.30 bits per heavy atom. The molecule has 27 heavy (non-hydrogen) atoms. The van der Waals surface area contributed by atoms with Crippen molar-refractivity contribution in [2.45, 2.75) is 0 Å². The van der Waals surface area contributed by atoms with Gasteiger partial charge in [0, 0.05) is 5.69 Å². The first-order chi connectivity index (χ1) is 13.1. The van der Waals surface area contributed by atoms with E-state index in [-0.39, 0.29) is 23.0 Å². The lowest BCUT2D eigenvalue weighted by Gasteiger charge is -2.11. The van der Waals surface area contributed by atoms with Gasteiger partial charge in [0.15, 0.2) is 0 Å². The molecule has 4 aromatic rings. The Kier molecular flexibility index (Phi) is 4.22. The number of nitrogens with one attached hydrogen (secondary N) is 1. The summed E-state index contributed by atoms with van der Waals surface area (Å²) in [4.78, 5) is 12.7. The first-order valence-electron chi connectivity index (χ1n) is 8.53. The van der Waals surface area contributed by atoms with Gasteiger partial charge in [0.05, 0.1) is 5.56 Å². The number of phenols is 2. The number of aromatic hydroxyl groups is 2. The van der Waals surface area contributed by atoms with Crippen molar-refractivity contribution in [3.63, 3.8) is 0 Å². The van der Waals surface area contributed by atoms with Gasteiger partial charge in [-0.1, -0.05) is 48.5 Å². The first-order valence-corrected chi connectivity index (χ1v) is 8.53. The summed E-state index contributed by atoms with van der Waals surface area (Å²) in [6.45, 7) is 0. The summed E-state index contributed by atoms with van der Waals surface area (Å²) in [5.74, 6) is -0.239. The molecule has 3 N–H and O–H groups in total. The van der Waals surface area contributed by atoms with Gasteiger partial charge in [-0.15, -0.1) is 0 Å². The molecule has 0 bridgehead atoms. The van der Waals surface area contributed by atoms with Crippen molar-refractivity contribution in [1.82, 2.24) is 0 Å². The van der Waals surface area contributed by atoms with Gasteiger partial charge in [-0.05, 0) is 58.3 Å². The Morgan fingerprint density at radius 2 is 1.52 bits per heavy atom. The summed E-state index contributed by atoms with van der Waals surface area (Å²) in [6.07, 6.45) is 0. The van der Waals surface area contributed by atoms with Crippen LogP contribution in [0, 0.1) is 0 Å². The van der Waals surface area contributed by atoms with Crippen molar-refractivity contribution < 1.29 is 15.0 Å². The van der Waals surface area contributed by atoms with E-state index in [2.05, 4.69) is 5.32 Å². The molecule has 0 aliphatic heterocycles. The third-order valence-corrected chi connectivity index (χ3v) is 4.44. The van der Waals surface area contributed by atoms with Crippen LogP contribution in [0.25, 0.3) is 21.9 Å². The number of fused-ring (bicyclic) bond motifs is 1. The number of benzene rings is 4. The van der Waals surface area contributed by atoms with Gasteiger partial charge in [-0.2, -0.15) is 0 Å². The molecule has 0 radical (unpaired) electrons. The Hall–Kier alpha value is -3.79. The van der Waals surface area contributed by atoms with Crippen LogP contribution in [-0.2, 0) is 0 Å². The average molecular weight is 355 g/mol. The Bertz CT molecular complexity index is 1140. The van der Waals surface area contributed by atoms with E-state index in [4.69, 9.17) is 0 Å². The number of anilines is 1. The molecule has 0 atom stereocenters. The van der Waals surface area contributed by atoms with Crippen molar-refractivity contribution in [2.24, 2.45) is 0 Å². The maximum atomic E-state index is 12.7. The molecule has 0 saturated heterocycles. The minimum Gasteiger partial charge on any atom is -0.508 e. The van der Waals surface area contributed by atoms with Gasteiger partial charge < -0.3 is 15.5 Å². The second-order valence-corrected chi connectivity index (χ2v) is 6.27. The second-order valence-electron chi connectivity index (χ2n) is 6.27. The number of hydrogen-bond acceptors (Lipinski definition) is 3. The zero-order valence-corrected chi connectivity index (χ0v) is 14.4. The predicted octanol–water partition coefficient (Wildman–Crippen LogP) is 5.17. The van der Waals surface area contributed by atoms with Crippen molar-refractivity contribution in [3.8, 4) is 22.6 Å². The molecule has 0 heterocycles. The maximum Gasteiger partial charge on any atom is 0.260 e. The summed E-state index contributed by atoms with van der Waals surface area (Å²) in [5.41, 5.74) is 2.69. The lowest BCUT2D eigenvalue weighted by atomic mass is 9.97. The largest absolute Gasteiger partial charge is 0.508 e. The van der Waals surface area contributed by atoms with Gasteiger partial charge >= 0.3 is 0 Å². The minimum atomic E-state index is -0.366. The topological polar surface area (TPSA) is 69.6 Å². The molecule has 4 heteroatoms. The smallest absolute Gasteiger partial charge is 0.260 e. The van der Waals surface area contributed by atoms with Crippen LogP contribution in [0.2, 0.25) is 0 Å². The molecule has 4 nitrogen and oxygen atoms in total. The Morgan fingerprint density at radius 1 is 0.741 bits per heavy atom. The Labute approximate surface area is 156 Å². The van der Waals surface area contributed by atoms with Crippen LogP contribution < -0.4 is 5.32 Å². The standard InChI is InChI=1S/C23H17NO3/c25-19-8-4-5-15(14-19)16-9-11-20-17(13-16)10-12-21(26)22(20)23(27)24-18-6-2-1-3-7-18/h1-14,25-26H,(H,24,27). The highest BCUT2D eigenvalue weighted by Gasteiger charge is 2.16. The van der Waals surface area contributed by atoms with E-state index >= 15 is 0 Å². The van der Waals surface area contributed by atoms with E-state index in [9.17, 15) is 15.0 Å². The van der Waals surface area contributed by atoms with Crippen LogP contribution in [0.5, 0.6) is 11.5 Å². The van der Waals surface area contributed by atoms with Crippen molar-refractivity contribution >= 4 is 22.4 Å². The highest BCUT2D eigenvalue weighted by Crippen LogP contribution is 2.32. The summed E-state index contributed by atoms with van der Waals surface area (Å²) >= 11 is 0. The molecule has 4 rings (SSSR count). The summed E-state index contributed by atoms with van der Waals surface area (Å²) < 4.78 is 0. The van der Waals surface area contributed by atoms with E-state index < -0.39 is 0 Å². The predicted molar refractivity (Wildman–Crippen MR) is 107 cm³/mol. The monoisotopic (exact) mass is 355 g/mol. The fourth-order valence-electron chi connectivity index (χ4n) is 3.14. The van der Waals surface area contributed by atoms with E-state index in [1.165, 1.54) is 6.07 Å². The van der Waals surface area contributed by atoms with Gasteiger partial charge in [-0.3, -0.25) is 4.79 Å². The summed E-state index contributed by atoms with van der Waals surface area (Å²) in [6, 6.07) is 25.0. The molecule has 4 aromatic carbocycles. The number of rotatable bonds is 3. The van der Waals surface area contributed by atoms with E-state index in [0.717, 1.165) is 16.5 Å². The second kappa shape index (κ2) is 6.84. The number of para-hydroxylation sites is 1. The molecule has 0 spiro atoms. The van der Waals surface area contributed by atoms with Crippen molar-refractivity contribution in [3.05, 3.63) is 90.5 Å². The first kappa shape index (κ1) is 16.7. The zero-order valence-electron chi connectivity index (χ0n) is 14.4. The van der Waals surface area contributed by atoms with Gasteiger partial charge in [0.2, 0.25) is 0 Å². The Balaban J connectivity index is 1.77. The number of hydrogen-bond donors (Lipinski definition) is 3. The van der Waals surface area contributed by atoms with Crippen LogP contribution in [0.15, 0.2) is 84.9 Å². The summed E-state index contributed by atoms with van der Waals surface area (Å²) in [5, 5.41) is 24.3. The van der Waals surface area contributed by atoms with Crippen LogP contribution in [0.3, 0.4) is 0 Å². The fraction of sp³-hybridized carbons (Fsp3) is 0. The highest BCUT2D eigenvalue weighted by atomic mass is 16.3. The summed E-state index contributed by atoms with van der Waals surface area (Å²) in [7, 11) is 0. The molecular weight excluding hydrogens is 338 g/mol. The lowest BCUT2D eigenvalue weighted by molar-refractivity contribution is 0.102. The molecule has 1 amide bonds. The molecule has 0 aliphatic carbocycles. The highest BCUT2D eigenvalue weighted by molar-refractivity contribution is 6.15. The van der Waals surface area contributed by atoms with Gasteiger partial charge in [0.1, 0.15) is 11.5 Å². The van der Waals surface area contributed by atoms with Crippen molar-refractivity contribution in [1.29, 1.82) is 0 Å². The van der Waals surface area contributed by atoms with Crippen molar-refractivity contribution in [2.75, 3.05) is 5.32 Å². The molecule has 0 fully saturated rings. The number of carbonyl (C=O) groups is 1. The van der Waals surface area contributed by atoms with Crippen LogP contribution in [0.1, 0.15) is 10.4 Å². The van der Waals surface area contributed by atoms with E-state index in [0.29, 0.717) is 11.1 Å². The molecule has 0 unspecified atom stereocenters. The van der Waals surface area contributed by atoms with Gasteiger partial charge in [-0.25, -0.2) is 0 Å². The van der Waals surface area contributed by atoms with Crippen LogP contribution in [0.4, 0.5) is 5.69 Å². The zero-order chi connectivity index (χ0) is 18.8. The molecule has 0 aliphatic rings. The molecule has 0 aromatic heterocycles. The molecule has 0 saturated carbocycles. The maximum absolute atomic E-state index is 12.7. The van der Waals surface area contributed by atoms with E-state index in [1.54, 1.807) is 36.4 Å². The SMILES string of the molecule is O=C(Nc1ccccc1)c1c(O)ccc2cc(-c3cccc(O)c3)ccc12. The lowest BCUT2D eigenvalue weighted by Crippen LogP contribution is -2.12. The third kappa shape index (κ3) is 3.33. The number of amides is 1. The number of phenolic OH excluding ortho intramolecular Hbond substituents is 2. The fourth-order valence-corrected chi connectivity index (χ4v) is 3.14. The van der Waals surface area contributed by atoms with E-state index in [1.807, 2.05) is 42.5 Å². The minimum absolute atomic E-state index is 0.0685. The average Bonchev–Trinajstić information content (AvgIpc) is 2.68. The third-order valence-electron chi connectivity index (χ3n) is 4.44. The van der Waals surface area contributed by atoms with Crippen LogP contribution in [-0.4, -0.2) is 16.1 Å².